The van der Waals surface area contributed by atoms with Crippen molar-refractivity contribution < 1.29 is 14.2 Å². The Balaban J connectivity index is 2.40. The number of hydrogen-bond donors (Lipinski definition) is 1. The molecule has 0 spiro atoms. The number of nitrogens with one attached hydrogen (secondary N) is 1. The van der Waals surface area contributed by atoms with E-state index in [4.69, 9.17) is 16.3 Å². The SMILES string of the molecule is CCOC(=O)C[n+]1cc(=O)c2cc(Cl)ccc2[nH]1. The fraction of sp³-hybridized carbons (Fsp3) is 0.250. The average Bonchev–Trinajstić information content (AvgIpc) is 2.30. The van der Waals surface area contributed by atoms with Crippen LogP contribution >= 0.6 is 11.6 Å². The molecule has 0 radical (unpaired) electrons. The maximum absolute atomic E-state index is 11.8. The normalized spacial score (nSPS) is 10.6. The number of halogens is 1. The Labute approximate surface area is 108 Å². The number of benzene rings is 1. The lowest BCUT2D eigenvalue weighted by atomic mass is 10.2. The van der Waals surface area contributed by atoms with E-state index in [1.165, 1.54) is 10.9 Å². The number of esters is 1. The molecule has 0 atom stereocenters. The zero-order valence-corrected chi connectivity index (χ0v) is 10.5. The second kappa shape index (κ2) is 5.18. The maximum Gasteiger partial charge on any atom is 0.375 e. The number of H-pyrrole nitrogens is 1. The molecule has 0 aliphatic rings. The van der Waals surface area contributed by atoms with Crippen molar-refractivity contribution in [3.63, 3.8) is 0 Å². The Hall–Kier alpha value is -1.88. The van der Waals surface area contributed by atoms with Crippen LogP contribution in [0, 0.1) is 0 Å². The van der Waals surface area contributed by atoms with Crippen LogP contribution in [0.25, 0.3) is 10.9 Å². The van der Waals surface area contributed by atoms with Crippen molar-refractivity contribution in [3.05, 3.63) is 39.6 Å². The van der Waals surface area contributed by atoms with Crippen LogP contribution in [0.5, 0.6) is 0 Å². The number of carbonyl (C=O) groups is 1. The van der Waals surface area contributed by atoms with Crippen LogP contribution in [0.3, 0.4) is 0 Å². The summed E-state index contributed by atoms with van der Waals surface area (Å²) < 4.78 is 6.21. The van der Waals surface area contributed by atoms with E-state index in [1.54, 1.807) is 25.1 Å². The predicted octanol–water partition coefficient (Wildman–Crippen LogP) is 1.03. The number of aromatic nitrogens is 2. The smallest absolute Gasteiger partial charge is 0.375 e. The number of hydrogen-bond acceptors (Lipinski definition) is 3. The molecule has 0 amide bonds. The molecule has 0 aliphatic carbocycles. The number of carbonyl (C=O) groups excluding carboxylic acids is 1. The Morgan fingerprint density at radius 3 is 3.00 bits per heavy atom. The number of ether oxygens (including phenoxy) is 1. The second-order valence-electron chi connectivity index (χ2n) is 3.73. The highest BCUT2D eigenvalue weighted by molar-refractivity contribution is 6.31. The standard InChI is InChI=1S/C12H11ClN2O3/c1-2-18-12(17)7-15-6-11(16)9-5-8(13)3-4-10(9)14-15/h3-6H,2,7H2,1H3/p+1. The summed E-state index contributed by atoms with van der Waals surface area (Å²) in [5.74, 6) is -0.397. The summed E-state index contributed by atoms with van der Waals surface area (Å²) in [7, 11) is 0. The van der Waals surface area contributed by atoms with Crippen molar-refractivity contribution in [2.75, 3.05) is 6.61 Å². The molecule has 2 rings (SSSR count). The fourth-order valence-corrected chi connectivity index (χ4v) is 1.82. The molecule has 1 heterocycles. The van der Waals surface area contributed by atoms with Gasteiger partial charge in [0.05, 0.1) is 12.0 Å². The summed E-state index contributed by atoms with van der Waals surface area (Å²) in [6.07, 6.45) is 1.32. The van der Waals surface area contributed by atoms with Crippen LogP contribution in [0.2, 0.25) is 5.02 Å². The first-order chi connectivity index (χ1) is 8.60. The summed E-state index contributed by atoms with van der Waals surface area (Å²) in [6, 6.07) is 4.96. The predicted molar refractivity (Wildman–Crippen MR) is 66.4 cm³/mol. The van der Waals surface area contributed by atoms with Gasteiger partial charge < -0.3 is 4.74 Å². The molecule has 0 fully saturated rings. The van der Waals surface area contributed by atoms with Gasteiger partial charge in [0.15, 0.2) is 0 Å². The quantitative estimate of drug-likeness (QED) is 0.667. The van der Waals surface area contributed by atoms with Gasteiger partial charge in [0.25, 0.3) is 12.0 Å². The first-order valence-corrected chi connectivity index (χ1v) is 5.85. The number of aromatic amines is 1. The van der Waals surface area contributed by atoms with Gasteiger partial charge in [-0.3, -0.25) is 4.79 Å². The summed E-state index contributed by atoms with van der Waals surface area (Å²) in [4.78, 5) is 23.2. The molecule has 5 nitrogen and oxygen atoms in total. The van der Waals surface area contributed by atoms with E-state index in [9.17, 15) is 9.59 Å². The van der Waals surface area contributed by atoms with Gasteiger partial charge in [-0.15, -0.1) is 4.68 Å². The highest BCUT2D eigenvalue weighted by Gasteiger charge is 2.13. The van der Waals surface area contributed by atoms with Gasteiger partial charge in [0.2, 0.25) is 6.20 Å². The first kappa shape index (κ1) is 12.6. The van der Waals surface area contributed by atoms with Crippen molar-refractivity contribution in [1.29, 1.82) is 0 Å². The highest BCUT2D eigenvalue weighted by atomic mass is 35.5. The minimum Gasteiger partial charge on any atom is -0.461 e. The molecule has 0 aliphatic heterocycles. The lowest BCUT2D eigenvalue weighted by Gasteiger charge is -2.00. The third-order valence-corrected chi connectivity index (χ3v) is 2.62. The molecule has 2 aromatic rings. The van der Waals surface area contributed by atoms with Gasteiger partial charge in [0.1, 0.15) is 5.52 Å². The van der Waals surface area contributed by atoms with E-state index in [0.29, 0.717) is 22.5 Å². The Bertz CT molecular complexity index is 651. The van der Waals surface area contributed by atoms with Crippen molar-refractivity contribution in [2.45, 2.75) is 13.5 Å². The zero-order valence-electron chi connectivity index (χ0n) is 9.77. The summed E-state index contributed by atoms with van der Waals surface area (Å²) in [5.41, 5.74) is 0.423. The van der Waals surface area contributed by atoms with E-state index < -0.39 is 5.97 Å². The van der Waals surface area contributed by atoms with Gasteiger partial charge in [-0.1, -0.05) is 11.6 Å². The van der Waals surface area contributed by atoms with E-state index >= 15 is 0 Å². The molecular formula is C12H12ClN2O3+. The molecule has 1 aromatic heterocycles. The summed E-state index contributed by atoms with van der Waals surface area (Å²) in [6.45, 7) is 2.02. The van der Waals surface area contributed by atoms with Crippen molar-refractivity contribution in [1.82, 2.24) is 5.10 Å². The van der Waals surface area contributed by atoms with Crippen LogP contribution in [-0.2, 0) is 16.1 Å². The molecule has 1 N–H and O–H groups in total. The van der Waals surface area contributed by atoms with E-state index in [-0.39, 0.29) is 12.0 Å². The van der Waals surface area contributed by atoms with Crippen LogP contribution < -0.4 is 10.1 Å². The van der Waals surface area contributed by atoms with Crippen LogP contribution in [0.1, 0.15) is 6.92 Å². The van der Waals surface area contributed by atoms with Crippen molar-refractivity contribution in [3.8, 4) is 0 Å². The van der Waals surface area contributed by atoms with Gasteiger partial charge in [-0.05, 0) is 25.1 Å². The number of rotatable bonds is 3. The van der Waals surface area contributed by atoms with Crippen molar-refractivity contribution in [2.24, 2.45) is 0 Å². The topological polar surface area (TPSA) is 63.0 Å². The van der Waals surface area contributed by atoms with Gasteiger partial charge in [-0.25, -0.2) is 4.79 Å². The molecule has 0 saturated carbocycles. The summed E-state index contributed by atoms with van der Waals surface area (Å²) in [5, 5.41) is 3.93. The third kappa shape index (κ3) is 2.68. The minimum absolute atomic E-state index is 0.0261. The molecule has 0 saturated heterocycles. The first-order valence-electron chi connectivity index (χ1n) is 5.48. The van der Waals surface area contributed by atoms with Gasteiger partial charge >= 0.3 is 5.97 Å². The molecule has 18 heavy (non-hydrogen) atoms. The third-order valence-electron chi connectivity index (χ3n) is 2.39. The van der Waals surface area contributed by atoms with Gasteiger partial charge in [0, 0.05) is 5.02 Å². The molecule has 0 unspecified atom stereocenters. The molecule has 6 heteroatoms. The summed E-state index contributed by atoms with van der Waals surface area (Å²) >= 11 is 5.82. The lowest BCUT2D eigenvalue weighted by molar-refractivity contribution is -0.741. The highest BCUT2D eigenvalue weighted by Crippen LogP contribution is 2.13. The van der Waals surface area contributed by atoms with E-state index in [2.05, 4.69) is 5.10 Å². The average molecular weight is 268 g/mol. The lowest BCUT2D eigenvalue weighted by Crippen LogP contribution is -2.44. The van der Waals surface area contributed by atoms with Crippen LogP contribution in [-0.4, -0.2) is 17.7 Å². The molecule has 1 aromatic carbocycles. The van der Waals surface area contributed by atoms with Crippen LogP contribution in [0.15, 0.2) is 29.2 Å². The Morgan fingerprint density at radius 2 is 2.28 bits per heavy atom. The largest absolute Gasteiger partial charge is 0.461 e. The monoisotopic (exact) mass is 267 g/mol. The van der Waals surface area contributed by atoms with E-state index in [0.717, 1.165) is 0 Å². The van der Waals surface area contributed by atoms with Gasteiger partial charge in [-0.2, -0.15) is 5.10 Å². The molecule has 0 bridgehead atoms. The number of nitrogens with zero attached hydrogens (tertiary/aromatic N) is 1. The zero-order chi connectivity index (χ0) is 13.1. The second-order valence-corrected chi connectivity index (χ2v) is 4.16. The molecule has 94 valence electrons. The fourth-order valence-electron chi connectivity index (χ4n) is 1.65. The maximum atomic E-state index is 11.8. The minimum atomic E-state index is -0.397. The van der Waals surface area contributed by atoms with Crippen LogP contribution in [0.4, 0.5) is 0 Å². The van der Waals surface area contributed by atoms with Crippen molar-refractivity contribution >= 4 is 28.5 Å². The van der Waals surface area contributed by atoms with E-state index in [1.807, 2.05) is 0 Å². The molecular weight excluding hydrogens is 256 g/mol. The number of fused-ring (bicyclic) bond motifs is 1. The Kier molecular flexibility index (Phi) is 3.62. The Morgan fingerprint density at radius 1 is 1.50 bits per heavy atom.